The lowest BCUT2D eigenvalue weighted by molar-refractivity contribution is -0.117. The van der Waals surface area contributed by atoms with Gasteiger partial charge in [0.15, 0.2) is 0 Å². The molecule has 0 aliphatic rings. The molecule has 0 aliphatic carbocycles. The van der Waals surface area contributed by atoms with Gasteiger partial charge in [-0.15, -0.1) is 11.3 Å². The zero-order chi connectivity index (χ0) is 12.7. The third-order valence-corrected chi connectivity index (χ3v) is 3.52. The highest BCUT2D eigenvalue weighted by Gasteiger charge is 2.04. The maximum atomic E-state index is 11.4. The van der Waals surface area contributed by atoms with Gasteiger partial charge in [0.1, 0.15) is 0 Å². The predicted octanol–water partition coefficient (Wildman–Crippen LogP) is 1.65. The number of aliphatic hydroxyl groups is 1. The molecule has 0 aromatic carbocycles. The second-order valence-corrected chi connectivity index (χ2v) is 5.21. The number of carbonyl (C=O) groups is 1. The molecule has 1 rings (SSSR count). The Labute approximate surface area is 112 Å². The van der Waals surface area contributed by atoms with Crippen molar-refractivity contribution in [3.05, 3.63) is 26.9 Å². The van der Waals surface area contributed by atoms with Crippen LogP contribution >= 0.6 is 27.3 Å². The molecule has 0 saturated carbocycles. The summed E-state index contributed by atoms with van der Waals surface area (Å²) in [6, 6.07) is 1.92. The first-order valence-corrected chi connectivity index (χ1v) is 6.66. The molecule has 0 bridgehead atoms. The Balaban J connectivity index is 2.32. The van der Waals surface area contributed by atoms with Crippen molar-refractivity contribution < 1.29 is 14.6 Å². The topological polar surface area (TPSA) is 58.6 Å². The molecular formula is C11H14BrNO3S. The molecule has 6 heteroatoms. The molecular weight excluding hydrogens is 306 g/mol. The van der Waals surface area contributed by atoms with Crippen LogP contribution in [0.25, 0.3) is 6.08 Å². The molecule has 0 radical (unpaired) electrons. The number of hydrogen-bond acceptors (Lipinski definition) is 4. The summed E-state index contributed by atoms with van der Waals surface area (Å²) in [5, 5.41) is 13.8. The third kappa shape index (κ3) is 5.97. The second-order valence-electron chi connectivity index (χ2n) is 3.35. The fraction of sp³-hybridized carbons (Fsp3) is 0.364. The van der Waals surface area contributed by atoms with Crippen molar-refractivity contribution >= 4 is 39.2 Å². The number of thiophene rings is 1. The van der Waals surface area contributed by atoms with Crippen LogP contribution in [0, 0.1) is 0 Å². The summed E-state index contributed by atoms with van der Waals surface area (Å²) in [6.07, 6.45) is 2.50. The van der Waals surface area contributed by atoms with Crippen molar-refractivity contribution in [1.29, 1.82) is 0 Å². The molecule has 94 valence electrons. The van der Waals surface area contributed by atoms with Gasteiger partial charge in [-0.1, -0.05) is 0 Å². The zero-order valence-corrected chi connectivity index (χ0v) is 11.8. The largest absolute Gasteiger partial charge is 0.389 e. The van der Waals surface area contributed by atoms with Gasteiger partial charge in [-0.3, -0.25) is 4.79 Å². The number of rotatable bonds is 6. The van der Waals surface area contributed by atoms with Gasteiger partial charge in [0.2, 0.25) is 5.91 Å². The van der Waals surface area contributed by atoms with E-state index in [0.717, 1.165) is 9.35 Å². The van der Waals surface area contributed by atoms with Crippen molar-refractivity contribution in [1.82, 2.24) is 5.32 Å². The summed E-state index contributed by atoms with van der Waals surface area (Å²) in [5.41, 5.74) is 0. The molecule has 17 heavy (non-hydrogen) atoms. The van der Waals surface area contributed by atoms with Gasteiger partial charge < -0.3 is 15.2 Å². The van der Waals surface area contributed by atoms with Crippen LogP contribution in [0.4, 0.5) is 0 Å². The number of hydrogen-bond donors (Lipinski definition) is 2. The molecule has 1 heterocycles. The van der Waals surface area contributed by atoms with E-state index in [9.17, 15) is 9.90 Å². The van der Waals surface area contributed by atoms with Gasteiger partial charge >= 0.3 is 0 Å². The summed E-state index contributed by atoms with van der Waals surface area (Å²) in [7, 11) is 1.50. The molecule has 1 aromatic rings. The molecule has 1 unspecified atom stereocenters. The minimum atomic E-state index is -0.673. The minimum absolute atomic E-state index is 0.186. The van der Waals surface area contributed by atoms with Gasteiger partial charge in [-0.2, -0.15) is 0 Å². The van der Waals surface area contributed by atoms with Crippen molar-refractivity contribution in [2.45, 2.75) is 6.10 Å². The van der Waals surface area contributed by atoms with Crippen LogP contribution in [0.5, 0.6) is 0 Å². The minimum Gasteiger partial charge on any atom is -0.389 e. The van der Waals surface area contributed by atoms with E-state index in [2.05, 4.69) is 21.2 Å². The predicted molar refractivity (Wildman–Crippen MR) is 71.9 cm³/mol. The van der Waals surface area contributed by atoms with E-state index in [1.54, 1.807) is 17.4 Å². The Hall–Kier alpha value is -0.690. The van der Waals surface area contributed by atoms with Gasteiger partial charge in [-0.25, -0.2) is 0 Å². The van der Waals surface area contributed by atoms with Gasteiger partial charge in [-0.05, 0) is 28.1 Å². The molecule has 1 amide bonds. The summed E-state index contributed by atoms with van der Waals surface area (Å²) >= 11 is 4.88. The number of ether oxygens (including phenoxy) is 1. The van der Waals surface area contributed by atoms with Gasteiger partial charge in [0, 0.05) is 34.5 Å². The Bertz CT molecular complexity index is 392. The van der Waals surface area contributed by atoms with E-state index in [-0.39, 0.29) is 19.1 Å². The van der Waals surface area contributed by atoms with Crippen LogP contribution in [0.1, 0.15) is 4.88 Å². The normalized spacial score (nSPS) is 12.9. The molecule has 1 atom stereocenters. The monoisotopic (exact) mass is 319 g/mol. The first-order valence-electron chi connectivity index (χ1n) is 4.98. The molecule has 0 spiro atoms. The van der Waals surface area contributed by atoms with E-state index in [4.69, 9.17) is 4.74 Å². The molecule has 1 aromatic heterocycles. The van der Waals surface area contributed by atoms with Gasteiger partial charge in [0.05, 0.1) is 12.7 Å². The fourth-order valence-electron chi connectivity index (χ4n) is 1.10. The van der Waals surface area contributed by atoms with E-state index in [1.165, 1.54) is 13.2 Å². The van der Waals surface area contributed by atoms with Crippen molar-refractivity contribution in [3.63, 3.8) is 0 Å². The smallest absolute Gasteiger partial charge is 0.244 e. The maximum Gasteiger partial charge on any atom is 0.244 e. The van der Waals surface area contributed by atoms with Crippen LogP contribution in [-0.2, 0) is 9.53 Å². The van der Waals surface area contributed by atoms with E-state index in [0.29, 0.717) is 0 Å². The Morgan fingerprint density at radius 2 is 2.53 bits per heavy atom. The summed E-state index contributed by atoms with van der Waals surface area (Å²) in [5.74, 6) is -0.232. The van der Waals surface area contributed by atoms with E-state index in [1.807, 2.05) is 11.4 Å². The lowest BCUT2D eigenvalue weighted by Gasteiger charge is -2.08. The number of aliphatic hydroxyl groups excluding tert-OH is 1. The van der Waals surface area contributed by atoms with E-state index >= 15 is 0 Å². The number of halogens is 1. The maximum absolute atomic E-state index is 11.4. The number of carbonyl (C=O) groups excluding carboxylic acids is 1. The lowest BCUT2D eigenvalue weighted by atomic mass is 10.3. The summed E-state index contributed by atoms with van der Waals surface area (Å²) in [6.45, 7) is 0.396. The van der Waals surface area contributed by atoms with Crippen LogP contribution in [-0.4, -0.2) is 37.4 Å². The number of amides is 1. The quantitative estimate of drug-likeness (QED) is 0.784. The SMILES string of the molecule is COCC(O)CNC(=O)/C=C/c1cc(Br)cs1. The van der Waals surface area contributed by atoms with Crippen LogP contribution in [0.15, 0.2) is 22.0 Å². The van der Waals surface area contributed by atoms with Crippen LogP contribution in [0.2, 0.25) is 0 Å². The summed E-state index contributed by atoms with van der Waals surface area (Å²) in [4.78, 5) is 12.4. The number of methoxy groups -OCH3 is 1. The molecule has 0 aliphatic heterocycles. The van der Waals surface area contributed by atoms with Crippen LogP contribution < -0.4 is 5.32 Å². The Morgan fingerprint density at radius 3 is 3.12 bits per heavy atom. The fourth-order valence-corrected chi connectivity index (χ4v) is 2.44. The van der Waals surface area contributed by atoms with Gasteiger partial charge in [0.25, 0.3) is 0 Å². The molecule has 2 N–H and O–H groups in total. The highest BCUT2D eigenvalue weighted by atomic mass is 79.9. The van der Waals surface area contributed by atoms with Crippen molar-refractivity contribution in [3.8, 4) is 0 Å². The first kappa shape index (κ1) is 14.4. The molecule has 0 fully saturated rings. The Kier molecular flexibility index (Phi) is 6.43. The highest BCUT2D eigenvalue weighted by molar-refractivity contribution is 9.10. The average molecular weight is 320 g/mol. The standard InChI is InChI=1S/C11H14BrNO3S/c1-16-6-9(14)5-13-11(15)3-2-10-4-8(12)7-17-10/h2-4,7,9,14H,5-6H2,1H3,(H,13,15)/b3-2+. The second kappa shape index (κ2) is 7.60. The average Bonchev–Trinajstić information content (AvgIpc) is 2.70. The summed E-state index contributed by atoms with van der Waals surface area (Å²) < 4.78 is 5.74. The zero-order valence-electron chi connectivity index (χ0n) is 9.35. The van der Waals surface area contributed by atoms with Crippen molar-refractivity contribution in [2.24, 2.45) is 0 Å². The van der Waals surface area contributed by atoms with Crippen molar-refractivity contribution in [2.75, 3.05) is 20.3 Å². The third-order valence-electron chi connectivity index (χ3n) is 1.86. The first-order chi connectivity index (χ1) is 8.11. The molecule has 0 saturated heterocycles. The Morgan fingerprint density at radius 1 is 1.76 bits per heavy atom. The number of nitrogens with one attached hydrogen (secondary N) is 1. The van der Waals surface area contributed by atoms with Crippen LogP contribution in [0.3, 0.4) is 0 Å². The van der Waals surface area contributed by atoms with E-state index < -0.39 is 6.10 Å². The lowest BCUT2D eigenvalue weighted by Crippen LogP contribution is -2.33. The highest BCUT2D eigenvalue weighted by Crippen LogP contribution is 2.20. The molecule has 4 nitrogen and oxygen atoms in total.